The summed E-state index contributed by atoms with van der Waals surface area (Å²) in [6.45, 7) is 8.55. The highest BCUT2D eigenvalue weighted by atomic mass is 32.2. The third-order valence-electron chi connectivity index (χ3n) is 4.80. The molecule has 0 aliphatic carbocycles. The molecular weight excluding hydrogens is 334 g/mol. The van der Waals surface area contributed by atoms with E-state index in [0.717, 1.165) is 32.9 Å². The van der Waals surface area contributed by atoms with Crippen molar-refractivity contribution in [3.8, 4) is 11.6 Å². The van der Waals surface area contributed by atoms with Crippen LogP contribution in [0.1, 0.15) is 22.3 Å². The molecule has 0 unspecified atom stereocenters. The summed E-state index contributed by atoms with van der Waals surface area (Å²) < 4.78 is 7.81. The van der Waals surface area contributed by atoms with Crippen LogP contribution in [0, 0.1) is 27.7 Å². The maximum atomic E-state index is 5.96. The third kappa shape index (κ3) is 2.55. The van der Waals surface area contributed by atoms with Crippen LogP contribution in [-0.2, 0) is 7.05 Å². The minimum Gasteiger partial charge on any atom is -0.446 e. The molecule has 3 aromatic heterocycles. The maximum Gasteiger partial charge on any atom is 0.198 e. The second kappa shape index (κ2) is 5.77. The number of rotatable bonds is 3. The molecule has 0 fully saturated rings. The number of H-pyrrole nitrogens is 1. The Morgan fingerprint density at radius 2 is 1.80 bits per heavy atom. The van der Waals surface area contributed by atoms with E-state index in [4.69, 9.17) is 9.40 Å². The number of aromatic amines is 1. The molecule has 0 amide bonds. The van der Waals surface area contributed by atoms with Gasteiger partial charge in [-0.3, -0.25) is 0 Å². The molecule has 0 atom stereocenters. The fraction of sp³-hybridized carbons (Fsp3) is 0.278. The Morgan fingerprint density at radius 1 is 1.04 bits per heavy atom. The van der Waals surface area contributed by atoms with E-state index < -0.39 is 0 Å². The lowest BCUT2D eigenvalue weighted by atomic mass is 9.98. The summed E-state index contributed by atoms with van der Waals surface area (Å²) in [7, 11) is 1.90. The van der Waals surface area contributed by atoms with Gasteiger partial charge in [-0.2, -0.15) is 0 Å². The number of hydrogen-bond donors (Lipinski definition) is 1. The molecule has 25 heavy (non-hydrogen) atoms. The van der Waals surface area contributed by atoms with Crippen LogP contribution in [0.4, 0.5) is 0 Å². The molecule has 0 saturated heterocycles. The van der Waals surface area contributed by atoms with Gasteiger partial charge in [0, 0.05) is 7.05 Å². The lowest BCUT2D eigenvalue weighted by Gasteiger charge is -2.09. The van der Waals surface area contributed by atoms with E-state index in [0.29, 0.717) is 0 Å². The van der Waals surface area contributed by atoms with Gasteiger partial charge in [-0.15, -0.1) is 10.2 Å². The average Bonchev–Trinajstić information content (AvgIpc) is 3.31. The predicted octanol–water partition coefficient (Wildman–Crippen LogP) is 4.34. The summed E-state index contributed by atoms with van der Waals surface area (Å²) in [5.41, 5.74) is 7.13. The van der Waals surface area contributed by atoms with Gasteiger partial charge in [-0.05, 0) is 73.8 Å². The normalized spacial score (nSPS) is 11.6. The molecule has 4 rings (SSSR count). The highest BCUT2D eigenvalue weighted by molar-refractivity contribution is 7.99. The summed E-state index contributed by atoms with van der Waals surface area (Å²) in [5.74, 6) is 1.46. The molecule has 0 radical (unpaired) electrons. The van der Waals surface area contributed by atoms with Crippen LogP contribution < -0.4 is 0 Å². The van der Waals surface area contributed by atoms with Gasteiger partial charge in [0.05, 0.1) is 11.0 Å². The summed E-state index contributed by atoms with van der Waals surface area (Å²) >= 11 is 1.44. The van der Waals surface area contributed by atoms with Crippen LogP contribution in [0.25, 0.3) is 22.6 Å². The Bertz CT molecular complexity index is 1040. The standard InChI is InChI=1S/C18H19N5OS/c1-9-10(2)12(4)16-15(11(9)3)20-17(21-16)13-6-7-14(24-13)25-18-22-19-8-23(18)5/h6-8H,1-5H3,(H,20,21). The number of nitrogens with zero attached hydrogens (tertiary/aromatic N) is 4. The van der Waals surface area contributed by atoms with E-state index in [1.54, 1.807) is 6.33 Å². The molecule has 3 heterocycles. The Balaban J connectivity index is 1.75. The molecule has 4 aromatic rings. The SMILES string of the molecule is Cc1c(C)c(C)c2[nH]c(-c3ccc(Sc4nncn4C)o3)nc2c1C. The largest absolute Gasteiger partial charge is 0.446 e. The molecule has 0 saturated carbocycles. The van der Waals surface area contributed by atoms with Gasteiger partial charge in [0.1, 0.15) is 6.33 Å². The van der Waals surface area contributed by atoms with E-state index in [1.807, 2.05) is 23.7 Å². The number of hydrogen-bond acceptors (Lipinski definition) is 5. The van der Waals surface area contributed by atoms with Crippen LogP contribution in [0.5, 0.6) is 0 Å². The Morgan fingerprint density at radius 3 is 2.52 bits per heavy atom. The maximum absolute atomic E-state index is 5.96. The zero-order chi connectivity index (χ0) is 17.7. The summed E-state index contributed by atoms with van der Waals surface area (Å²) in [4.78, 5) is 8.21. The Hall–Kier alpha value is -2.54. The molecule has 7 heteroatoms. The van der Waals surface area contributed by atoms with Gasteiger partial charge in [-0.25, -0.2) is 4.98 Å². The summed E-state index contributed by atoms with van der Waals surface area (Å²) in [6, 6.07) is 3.86. The van der Waals surface area contributed by atoms with Crippen molar-refractivity contribution in [3.05, 3.63) is 40.7 Å². The minimum absolute atomic E-state index is 0.718. The highest BCUT2D eigenvalue weighted by Gasteiger charge is 2.16. The molecule has 1 aromatic carbocycles. The van der Waals surface area contributed by atoms with Crippen molar-refractivity contribution in [1.29, 1.82) is 0 Å². The Labute approximate surface area is 149 Å². The van der Waals surface area contributed by atoms with E-state index in [-0.39, 0.29) is 0 Å². The summed E-state index contributed by atoms with van der Waals surface area (Å²) in [6.07, 6.45) is 1.67. The quantitative estimate of drug-likeness (QED) is 0.593. The van der Waals surface area contributed by atoms with Crippen molar-refractivity contribution in [3.63, 3.8) is 0 Å². The molecule has 0 spiro atoms. The number of fused-ring (bicyclic) bond motifs is 1. The monoisotopic (exact) mass is 353 g/mol. The zero-order valence-corrected chi connectivity index (χ0v) is 15.7. The molecule has 0 aliphatic rings. The second-order valence-corrected chi connectivity index (χ2v) is 7.23. The van der Waals surface area contributed by atoms with Crippen molar-refractivity contribution in [2.45, 2.75) is 37.9 Å². The van der Waals surface area contributed by atoms with Crippen molar-refractivity contribution in [2.24, 2.45) is 7.05 Å². The van der Waals surface area contributed by atoms with Crippen LogP contribution >= 0.6 is 11.8 Å². The van der Waals surface area contributed by atoms with Crippen LogP contribution in [-0.4, -0.2) is 24.7 Å². The summed E-state index contributed by atoms with van der Waals surface area (Å²) in [5, 5.41) is 9.48. The second-order valence-electron chi connectivity index (χ2n) is 6.25. The highest BCUT2D eigenvalue weighted by Crippen LogP contribution is 2.33. The van der Waals surface area contributed by atoms with Gasteiger partial charge < -0.3 is 14.0 Å². The number of imidazole rings is 1. The molecule has 6 nitrogen and oxygen atoms in total. The molecule has 128 valence electrons. The predicted molar refractivity (Wildman–Crippen MR) is 97.9 cm³/mol. The van der Waals surface area contributed by atoms with Crippen molar-refractivity contribution in [2.75, 3.05) is 0 Å². The van der Waals surface area contributed by atoms with Crippen molar-refractivity contribution >= 4 is 22.8 Å². The van der Waals surface area contributed by atoms with Gasteiger partial charge in [0.15, 0.2) is 21.8 Å². The first-order chi connectivity index (χ1) is 12.0. The Kier molecular flexibility index (Phi) is 3.68. The van der Waals surface area contributed by atoms with E-state index >= 15 is 0 Å². The minimum atomic E-state index is 0.718. The topological polar surface area (TPSA) is 72.5 Å². The third-order valence-corrected chi connectivity index (χ3v) is 5.77. The first kappa shape index (κ1) is 16.0. The van der Waals surface area contributed by atoms with Gasteiger partial charge in [0.25, 0.3) is 0 Å². The molecular formula is C18H19N5OS. The van der Waals surface area contributed by atoms with Crippen LogP contribution in [0.2, 0.25) is 0 Å². The van der Waals surface area contributed by atoms with Crippen LogP contribution in [0.15, 0.2) is 33.1 Å². The number of aromatic nitrogens is 5. The molecule has 0 aliphatic heterocycles. The van der Waals surface area contributed by atoms with Gasteiger partial charge in [0.2, 0.25) is 0 Å². The number of benzene rings is 1. The van der Waals surface area contributed by atoms with E-state index in [2.05, 4.69) is 42.9 Å². The lowest BCUT2D eigenvalue weighted by molar-refractivity contribution is 0.484. The van der Waals surface area contributed by atoms with Gasteiger partial charge in [-0.1, -0.05) is 0 Å². The fourth-order valence-corrected chi connectivity index (χ4v) is 3.64. The molecule has 1 N–H and O–H groups in total. The molecule has 0 bridgehead atoms. The van der Waals surface area contributed by atoms with Crippen molar-refractivity contribution in [1.82, 2.24) is 24.7 Å². The fourth-order valence-electron chi connectivity index (χ4n) is 2.92. The first-order valence-electron chi connectivity index (χ1n) is 8.04. The first-order valence-corrected chi connectivity index (χ1v) is 8.85. The number of aryl methyl sites for hydroxylation is 3. The van der Waals surface area contributed by atoms with Crippen LogP contribution in [0.3, 0.4) is 0 Å². The van der Waals surface area contributed by atoms with E-state index in [9.17, 15) is 0 Å². The zero-order valence-electron chi connectivity index (χ0n) is 14.8. The number of furan rings is 1. The van der Waals surface area contributed by atoms with E-state index in [1.165, 1.54) is 34.0 Å². The lowest BCUT2D eigenvalue weighted by Crippen LogP contribution is -1.92. The smallest absolute Gasteiger partial charge is 0.198 e. The van der Waals surface area contributed by atoms with Crippen molar-refractivity contribution < 1.29 is 4.42 Å². The average molecular weight is 353 g/mol. The number of nitrogens with one attached hydrogen (secondary N) is 1. The van der Waals surface area contributed by atoms with Gasteiger partial charge >= 0.3 is 0 Å².